The molecule has 0 aromatic carbocycles. The number of carbonyl (C=O) groups is 1. The van der Waals surface area contributed by atoms with Crippen molar-refractivity contribution >= 4 is 29.2 Å². The first-order chi connectivity index (χ1) is 5.97. The van der Waals surface area contributed by atoms with Crippen LogP contribution in [0, 0.1) is 5.41 Å². The van der Waals surface area contributed by atoms with Gasteiger partial charge in [-0.15, -0.1) is 23.2 Å². The van der Waals surface area contributed by atoms with E-state index in [1.807, 2.05) is 6.92 Å². The van der Waals surface area contributed by atoms with Gasteiger partial charge >= 0.3 is 0 Å². The Hall–Kier alpha value is 0.01000. The van der Waals surface area contributed by atoms with Gasteiger partial charge in [-0.1, -0.05) is 6.92 Å². The van der Waals surface area contributed by atoms with Gasteiger partial charge in [-0.05, 0) is 6.42 Å². The standard InChI is InChI=1S/C6H12Cl2O.C2H4O2/c1-2-6(3-7,4-8)5-9;1-2(3)4/h9H,2-5H2,1H3;1H3,(H,3,4). The van der Waals surface area contributed by atoms with Crippen LogP contribution in [0.25, 0.3) is 0 Å². The summed E-state index contributed by atoms with van der Waals surface area (Å²) in [5.74, 6) is 0.0347. The Morgan fingerprint density at radius 3 is 1.69 bits per heavy atom. The number of hydrogen-bond acceptors (Lipinski definition) is 2. The molecule has 0 unspecified atom stereocenters. The van der Waals surface area contributed by atoms with Crippen LogP contribution in [-0.2, 0) is 4.79 Å². The van der Waals surface area contributed by atoms with Crippen LogP contribution < -0.4 is 0 Å². The molecule has 0 heterocycles. The summed E-state index contributed by atoms with van der Waals surface area (Å²) in [6.07, 6.45) is 0.830. The second-order valence-corrected chi connectivity index (χ2v) is 3.33. The van der Waals surface area contributed by atoms with Crippen molar-refractivity contribution in [3.05, 3.63) is 0 Å². The van der Waals surface area contributed by atoms with Gasteiger partial charge in [0.25, 0.3) is 5.97 Å². The number of aliphatic hydroxyl groups excluding tert-OH is 1. The quantitative estimate of drug-likeness (QED) is 0.727. The van der Waals surface area contributed by atoms with E-state index in [0.717, 1.165) is 13.3 Å². The number of carboxylic acid groups (broad SMARTS) is 1. The number of alkyl halides is 2. The zero-order valence-corrected chi connectivity index (χ0v) is 9.40. The van der Waals surface area contributed by atoms with Gasteiger partial charge in [0.2, 0.25) is 0 Å². The van der Waals surface area contributed by atoms with E-state index in [2.05, 4.69) is 0 Å². The van der Waals surface area contributed by atoms with Crippen molar-refractivity contribution in [1.82, 2.24) is 0 Å². The van der Waals surface area contributed by atoms with E-state index >= 15 is 0 Å². The highest BCUT2D eigenvalue weighted by atomic mass is 35.5. The lowest BCUT2D eigenvalue weighted by Gasteiger charge is -2.24. The molecule has 3 nitrogen and oxygen atoms in total. The number of rotatable bonds is 4. The van der Waals surface area contributed by atoms with Crippen LogP contribution in [0.4, 0.5) is 0 Å². The third-order valence-electron chi connectivity index (χ3n) is 1.65. The third kappa shape index (κ3) is 8.34. The Morgan fingerprint density at radius 2 is 1.69 bits per heavy atom. The first kappa shape index (κ1) is 15.5. The zero-order valence-electron chi connectivity index (χ0n) is 7.89. The Bertz CT molecular complexity index is 114. The molecule has 0 rings (SSSR count). The minimum absolute atomic E-state index is 0.0799. The number of hydrogen-bond donors (Lipinski definition) is 2. The fourth-order valence-corrected chi connectivity index (χ4v) is 1.25. The molecule has 0 aromatic heterocycles. The molecule has 0 atom stereocenters. The van der Waals surface area contributed by atoms with Crippen molar-refractivity contribution in [3.63, 3.8) is 0 Å². The van der Waals surface area contributed by atoms with Crippen molar-refractivity contribution in [2.45, 2.75) is 20.3 Å². The van der Waals surface area contributed by atoms with Gasteiger partial charge in [0.1, 0.15) is 0 Å². The average Bonchev–Trinajstić information content (AvgIpc) is 2.09. The Kier molecular flexibility index (Phi) is 10.2. The van der Waals surface area contributed by atoms with Crippen LogP contribution in [0.1, 0.15) is 20.3 Å². The monoisotopic (exact) mass is 230 g/mol. The molecule has 0 radical (unpaired) electrons. The van der Waals surface area contributed by atoms with Crippen LogP contribution in [-0.4, -0.2) is 34.5 Å². The largest absolute Gasteiger partial charge is 0.481 e. The Morgan fingerprint density at radius 1 is 1.38 bits per heavy atom. The summed E-state index contributed by atoms with van der Waals surface area (Å²) in [6, 6.07) is 0. The lowest BCUT2D eigenvalue weighted by molar-refractivity contribution is -0.134. The average molecular weight is 231 g/mol. The van der Waals surface area contributed by atoms with Crippen molar-refractivity contribution in [3.8, 4) is 0 Å². The zero-order chi connectivity index (χ0) is 10.9. The van der Waals surface area contributed by atoms with Crippen LogP contribution >= 0.6 is 23.2 Å². The van der Waals surface area contributed by atoms with Gasteiger partial charge in [0, 0.05) is 24.1 Å². The van der Waals surface area contributed by atoms with Gasteiger partial charge < -0.3 is 10.2 Å². The highest BCUT2D eigenvalue weighted by molar-refractivity contribution is 6.21. The minimum Gasteiger partial charge on any atom is -0.481 e. The second kappa shape index (κ2) is 8.60. The highest BCUT2D eigenvalue weighted by Gasteiger charge is 2.24. The van der Waals surface area contributed by atoms with E-state index in [4.69, 9.17) is 38.2 Å². The Labute approximate surface area is 88.7 Å². The molecule has 2 N–H and O–H groups in total. The molecule has 0 aromatic rings. The molecule has 0 aliphatic heterocycles. The van der Waals surface area contributed by atoms with Crippen LogP contribution in [0.3, 0.4) is 0 Å². The fourth-order valence-electron chi connectivity index (χ4n) is 0.421. The maximum Gasteiger partial charge on any atom is 0.300 e. The van der Waals surface area contributed by atoms with Gasteiger partial charge in [-0.3, -0.25) is 4.79 Å². The summed E-state index contributed by atoms with van der Waals surface area (Å²) in [6.45, 7) is 3.14. The van der Waals surface area contributed by atoms with Gasteiger partial charge in [-0.25, -0.2) is 0 Å². The molecule has 0 bridgehead atoms. The molecule has 0 fully saturated rings. The minimum atomic E-state index is -0.833. The summed E-state index contributed by atoms with van der Waals surface area (Å²) in [5, 5.41) is 16.2. The molecule has 5 heteroatoms. The van der Waals surface area contributed by atoms with E-state index in [1.165, 1.54) is 0 Å². The molecule has 0 saturated carbocycles. The normalized spacial score (nSPS) is 10.2. The highest BCUT2D eigenvalue weighted by Crippen LogP contribution is 2.24. The second-order valence-electron chi connectivity index (χ2n) is 2.80. The SMILES string of the molecule is CC(=O)O.CCC(CO)(CCl)CCl. The smallest absolute Gasteiger partial charge is 0.300 e. The van der Waals surface area contributed by atoms with Crippen LogP contribution in [0.2, 0.25) is 0 Å². The summed E-state index contributed by atoms with van der Waals surface area (Å²) >= 11 is 11.2. The van der Waals surface area contributed by atoms with Gasteiger partial charge in [-0.2, -0.15) is 0 Å². The number of halogens is 2. The molecular formula is C8H16Cl2O3. The van der Waals surface area contributed by atoms with Gasteiger partial charge in [0.15, 0.2) is 0 Å². The van der Waals surface area contributed by atoms with E-state index in [-0.39, 0.29) is 12.0 Å². The molecule has 0 aliphatic rings. The van der Waals surface area contributed by atoms with Gasteiger partial charge in [0.05, 0.1) is 6.61 Å². The van der Waals surface area contributed by atoms with Crippen molar-refractivity contribution in [2.24, 2.45) is 5.41 Å². The van der Waals surface area contributed by atoms with Crippen LogP contribution in [0.5, 0.6) is 0 Å². The van der Waals surface area contributed by atoms with Crippen LogP contribution in [0.15, 0.2) is 0 Å². The number of aliphatic carboxylic acids is 1. The summed E-state index contributed by atoms with van der Waals surface area (Å²) in [7, 11) is 0. The fraction of sp³-hybridized carbons (Fsp3) is 0.875. The molecule has 0 amide bonds. The maximum absolute atomic E-state index is 9.00. The molecule has 0 aliphatic carbocycles. The first-order valence-electron chi connectivity index (χ1n) is 3.90. The molecule has 13 heavy (non-hydrogen) atoms. The van der Waals surface area contributed by atoms with E-state index < -0.39 is 5.97 Å². The number of aliphatic hydroxyl groups is 1. The third-order valence-corrected chi connectivity index (χ3v) is 2.79. The maximum atomic E-state index is 9.00. The first-order valence-corrected chi connectivity index (χ1v) is 4.97. The predicted molar refractivity (Wildman–Crippen MR) is 54.6 cm³/mol. The molecule has 0 saturated heterocycles. The molecular weight excluding hydrogens is 215 g/mol. The lowest BCUT2D eigenvalue weighted by Crippen LogP contribution is -2.28. The van der Waals surface area contributed by atoms with E-state index in [0.29, 0.717) is 11.8 Å². The van der Waals surface area contributed by atoms with Crippen molar-refractivity contribution in [2.75, 3.05) is 18.4 Å². The molecule has 80 valence electrons. The van der Waals surface area contributed by atoms with Crippen molar-refractivity contribution < 1.29 is 15.0 Å². The Balaban J connectivity index is 0. The van der Waals surface area contributed by atoms with E-state index in [9.17, 15) is 0 Å². The summed E-state index contributed by atoms with van der Waals surface area (Å²) in [5.41, 5.74) is -0.247. The predicted octanol–water partition coefficient (Wildman–Crippen LogP) is 1.94. The summed E-state index contributed by atoms with van der Waals surface area (Å²) < 4.78 is 0. The molecule has 0 spiro atoms. The van der Waals surface area contributed by atoms with Crippen molar-refractivity contribution in [1.29, 1.82) is 0 Å². The lowest BCUT2D eigenvalue weighted by atomic mass is 9.91. The van der Waals surface area contributed by atoms with E-state index in [1.54, 1.807) is 0 Å². The topological polar surface area (TPSA) is 57.5 Å². The summed E-state index contributed by atoms with van der Waals surface area (Å²) in [4.78, 5) is 9.00. The number of carboxylic acids is 1.